The summed E-state index contributed by atoms with van der Waals surface area (Å²) in [6.45, 7) is 8.45. The summed E-state index contributed by atoms with van der Waals surface area (Å²) in [5, 5.41) is 14.2. The van der Waals surface area contributed by atoms with Crippen LogP contribution in [0.4, 0.5) is 4.79 Å². The Bertz CT molecular complexity index is 702. The molecule has 0 radical (unpaired) electrons. The first kappa shape index (κ1) is 16.5. The second kappa shape index (κ2) is 6.62. The quantitative estimate of drug-likeness (QED) is 0.896. The zero-order chi connectivity index (χ0) is 17.3. The normalized spacial score (nSPS) is 18.8. The van der Waals surface area contributed by atoms with Crippen molar-refractivity contribution < 1.29 is 9.32 Å². The van der Waals surface area contributed by atoms with Crippen LogP contribution in [0.5, 0.6) is 0 Å². The summed E-state index contributed by atoms with van der Waals surface area (Å²) in [5.74, 6) is 1.02. The average Bonchev–Trinajstić information content (AvgIpc) is 3.26. The van der Waals surface area contributed by atoms with Crippen LogP contribution >= 0.6 is 0 Å². The smallest absolute Gasteiger partial charge is 0.318 e. The third kappa shape index (κ3) is 3.00. The van der Waals surface area contributed by atoms with E-state index in [9.17, 15) is 4.79 Å². The third-order valence-corrected chi connectivity index (χ3v) is 4.59. The number of amides is 2. The number of carbonyl (C=O) groups is 1. The first-order valence-electron chi connectivity index (χ1n) is 8.40. The summed E-state index contributed by atoms with van der Waals surface area (Å²) in [5.41, 5.74) is 3.11. The van der Waals surface area contributed by atoms with Crippen molar-refractivity contribution in [3.63, 3.8) is 0 Å². The van der Waals surface area contributed by atoms with Crippen molar-refractivity contribution >= 4 is 6.03 Å². The van der Waals surface area contributed by atoms with Gasteiger partial charge in [0.25, 0.3) is 0 Å². The molecule has 0 bridgehead atoms. The van der Waals surface area contributed by atoms with Gasteiger partial charge in [0, 0.05) is 24.7 Å². The lowest BCUT2D eigenvalue weighted by atomic mass is 10.0. The van der Waals surface area contributed by atoms with Crippen LogP contribution in [0, 0.1) is 20.8 Å². The highest BCUT2D eigenvalue weighted by Gasteiger charge is 2.34. The molecule has 2 amide bonds. The van der Waals surface area contributed by atoms with E-state index in [1.54, 1.807) is 6.92 Å². The summed E-state index contributed by atoms with van der Waals surface area (Å²) >= 11 is 0. The molecule has 130 valence electrons. The molecule has 0 spiro atoms. The number of hydrogen-bond donors (Lipinski definition) is 2. The lowest BCUT2D eigenvalue weighted by Crippen LogP contribution is -2.41. The molecule has 8 nitrogen and oxygen atoms in total. The van der Waals surface area contributed by atoms with Gasteiger partial charge < -0.3 is 14.7 Å². The van der Waals surface area contributed by atoms with Gasteiger partial charge in [0.1, 0.15) is 0 Å². The molecule has 1 aliphatic rings. The Morgan fingerprint density at radius 2 is 2.25 bits per heavy atom. The molecule has 2 atom stereocenters. The molecule has 3 heterocycles. The summed E-state index contributed by atoms with van der Waals surface area (Å²) < 4.78 is 5.03. The molecule has 8 heteroatoms. The second-order valence-corrected chi connectivity index (χ2v) is 6.28. The maximum Gasteiger partial charge on any atom is 0.318 e. The fourth-order valence-corrected chi connectivity index (χ4v) is 3.40. The largest absolute Gasteiger partial charge is 0.340 e. The molecule has 1 saturated heterocycles. The topological polar surface area (TPSA) is 99.9 Å². The standard InChI is InChI=1S/C16H24N6O2/c1-5-12(15-17-11(4)24-21-15)18-16(23)22-8-6-7-13(22)14-9(2)19-20-10(14)3/h12-13H,5-8H2,1-4H3,(H,18,23)(H,19,20)/t12-,13-/m0/s1. The third-order valence-electron chi connectivity index (χ3n) is 4.59. The number of nitrogens with zero attached hydrogens (tertiary/aromatic N) is 4. The highest BCUT2D eigenvalue weighted by atomic mass is 16.5. The van der Waals surface area contributed by atoms with Gasteiger partial charge in [0.15, 0.2) is 5.82 Å². The molecule has 24 heavy (non-hydrogen) atoms. The maximum atomic E-state index is 12.8. The van der Waals surface area contributed by atoms with E-state index in [0.717, 1.165) is 36.3 Å². The lowest BCUT2D eigenvalue weighted by Gasteiger charge is -2.27. The first-order valence-corrected chi connectivity index (χ1v) is 8.40. The number of urea groups is 1. The highest BCUT2D eigenvalue weighted by Crippen LogP contribution is 2.35. The van der Waals surface area contributed by atoms with Gasteiger partial charge in [-0.2, -0.15) is 10.1 Å². The van der Waals surface area contributed by atoms with Gasteiger partial charge in [0.05, 0.1) is 17.8 Å². The lowest BCUT2D eigenvalue weighted by molar-refractivity contribution is 0.187. The fraction of sp³-hybridized carbons (Fsp3) is 0.625. The van der Waals surface area contributed by atoms with Crippen LogP contribution in [0.15, 0.2) is 4.52 Å². The molecule has 2 aromatic rings. The molecule has 0 aliphatic carbocycles. The van der Waals surface area contributed by atoms with Crippen LogP contribution in [-0.2, 0) is 0 Å². The Kier molecular flexibility index (Phi) is 4.55. The molecule has 2 N–H and O–H groups in total. The number of nitrogens with one attached hydrogen (secondary N) is 2. The number of aromatic amines is 1. The Morgan fingerprint density at radius 3 is 2.83 bits per heavy atom. The monoisotopic (exact) mass is 332 g/mol. The Labute approximate surface area is 141 Å². The molecule has 2 aromatic heterocycles. The Hall–Kier alpha value is -2.38. The van der Waals surface area contributed by atoms with Crippen molar-refractivity contribution in [1.82, 2.24) is 30.6 Å². The number of hydrogen-bond acceptors (Lipinski definition) is 5. The SMILES string of the molecule is CC[C@H](NC(=O)N1CCC[C@H]1c1c(C)n[nH]c1C)c1noc(C)n1. The molecular formula is C16H24N6O2. The van der Waals surface area contributed by atoms with Gasteiger partial charge in [0.2, 0.25) is 5.89 Å². The summed E-state index contributed by atoms with van der Waals surface area (Å²) in [6, 6.07) is -0.275. The summed E-state index contributed by atoms with van der Waals surface area (Å²) in [4.78, 5) is 18.9. The van der Waals surface area contributed by atoms with Crippen molar-refractivity contribution in [2.24, 2.45) is 0 Å². The zero-order valence-electron chi connectivity index (χ0n) is 14.6. The van der Waals surface area contributed by atoms with Gasteiger partial charge in [-0.05, 0) is 33.1 Å². The van der Waals surface area contributed by atoms with Crippen molar-refractivity contribution in [3.8, 4) is 0 Å². The van der Waals surface area contributed by atoms with Crippen molar-refractivity contribution in [1.29, 1.82) is 0 Å². The molecule has 0 saturated carbocycles. The van der Waals surface area contributed by atoms with Crippen molar-refractivity contribution in [2.75, 3.05) is 6.54 Å². The van der Waals surface area contributed by atoms with E-state index in [2.05, 4.69) is 25.7 Å². The molecule has 1 aliphatic heterocycles. The van der Waals surface area contributed by atoms with Gasteiger partial charge in [-0.3, -0.25) is 5.10 Å². The number of H-pyrrole nitrogens is 1. The highest BCUT2D eigenvalue weighted by molar-refractivity contribution is 5.75. The minimum absolute atomic E-state index is 0.0632. The molecule has 1 fully saturated rings. The van der Waals surface area contributed by atoms with Gasteiger partial charge in [-0.25, -0.2) is 4.79 Å². The van der Waals surface area contributed by atoms with E-state index < -0.39 is 0 Å². The van der Waals surface area contributed by atoms with E-state index in [1.165, 1.54) is 0 Å². The molecule has 0 unspecified atom stereocenters. The Morgan fingerprint density at radius 1 is 1.46 bits per heavy atom. The van der Waals surface area contributed by atoms with Crippen LogP contribution < -0.4 is 5.32 Å². The molecule has 3 rings (SSSR count). The van der Waals surface area contributed by atoms with Crippen molar-refractivity contribution in [2.45, 2.75) is 59.0 Å². The minimum Gasteiger partial charge on any atom is -0.340 e. The summed E-state index contributed by atoms with van der Waals surface area (Å²) in [7, 11) is 0. The van der Waals surface area contributed by atoms with Crippen LogP contribution in [0.3, 0.4) is 0 Å². The van der Waals surface area contributed by atoms with Crippen LogP contribution in [0.25, 0.3) is 0 Å². The number of likely N-dealkylation sites (tertiary alicyclic amines) is 1. The number of aryl methyl sites for hydroxylation is 3. The van der Waals surface area contributed by atoms with E-state index >= 15 is 0 Å². The predicted molar refractivity (Wildman–Crippen MR) is 87.3 cm³/mol. The van der Waals surface area contributed by atoms with Gasteiger partial charge in [-0.1, -0.05) is 12.1 Å². The maximum absolute atomic E-state index is 12.8. The van der Waals surface area contributed by atoms with Gasteiger partial charge in [-0.15, -0.1) is 0 Å². The Balaban J connectivity index is 1.76. The zero-order valence-corrected chi connectivity index (χ0v) is 14.6. The summed E-state index contributed by atoms with van der Waals surface area (Å²) in [6.07, 6.45) is 2.64. The molecular weight excluding hydrogens is 308 g/mol. The van der Waals surface area contributed by atoms with Crippen LogP contribution in [-0.4, -0.2) is 37.8 Å². The predicted octanol–water partition coefficient (Wildman–Crippen LogP) is 2.72. The van der Waals surface area contributed by atoms with Crippen LogP contribution in [0.1, 0.15) is 66.9 Å². The second-order valence-electron chi connectivity index (χ2n) is 6.28. The first-order chi connectivity index (χ1) is 11.5. The van der Waals surface area contributed by atoms with E-state index in [4.69, 9.17) is 4.52 Å². The molecule has 0 aromatic carbocycles. The average molecular weight is 332 g/mol. The number of aromatic nitrogens is 4. The van der Waals surface area contributed by atoms with E-state index in [-0.39, 0.29) is 18.1 Å². The minimum atomic E-state index is -0.247. The van der Waals surface area contributed by atoms with E-state index in [1.807, 2.05) is 25.7 Å². The number of carbonyl (C=O) groups excluding carboxylic acids is 1. The van der Waals surface area contributed by atoms with Crippen molar-refractivity contribution in [3.05, 3.63) is 28.7 Å². The van der Waals surface area contributed by atoms with Crippen LogP contribution in [0.2, 0.25) is 0 Å². The fourth-order valence-electron chi connectivity index (χ4n) is 3.40. The van der Waals surface area contributed by atoms with E-state index in [0.29, 0.717) is 18.1 Å². The van der Waals surface area contributed by atoms with Gasteiger partial charge >= 0.3 is 6.03 Å². The number of rotatable bonds is 4.